The molecular formula is C12H17NO2. The molecule has 2 unspecified atom stereocenters. The highest BCUT2D eigenvalue weighted by Gasteiger charge is 2.26. The van der Waals surface area contributed by atoms with Crippen LogP contribution in [-0.4, -0.2) is 25.4 Å². The van der Waals surface area contributed by atoms with E-state index in [0.29, 0.717) is 13.2 Å². The van der Waals surface area contributed by atoms with E-state index in [0.717, 1.165) is 5.56 Å². The molecule has 0 aromatic heterocycles. The van der Waals surface area contributed by atoms with E-state index in [-0.39, 0.29) is 18.2 Å². The fraction of sp³-hybridized carbons (Fsp3) is 0.500. The van der Waals surface area contributed by atoms with Crippen molar-refractivity contribution in [3.05, 3.63) is 35.9 Å². The number of benzene rings is 1. The van der Waals surface area contributed by atoms with Crippen LogP contribution in [-0.2, 0) is 9.47 Å². The smallest absolute Gasteiger partial charge is 0.105 e. The van der Waals surface area contributed by atoms with Gasteiger partial charge in [0.25, 0.3) is 0 Å². The molecule has 0 aliphatic carbocycles. The Balaban J connectivity index is 2.05. The van der Waals surface area contributed by atoms with Gasteiger partial charge in [-0.25, -0.2) is 0 Å². The van der Waals surface area contributed by atoms with Crippen LogP contribution in [0.5, 0.6) is 0 Å². The van der Waals surface area contributed by atoms with Gasteiger partial charge in [-0.2, -0.15) is 0 Å². The van der Waals surface area contributed by atoms with Gasteiger partial charge < -0.3 is 15.2 Å². The third-order valence-corrected chi connectivity index (χ3v) is 2.55. The maximum atomic E-state index is 5.93. The Morgan fingerprint density at radius 3 is 2.47 bits per heavy atom. The quantitative estimate of drug-likeness (QED) is 0.813. The molecule has 1 saturated heterocycles. The standard InChI is InChI=1S/C12H17NO2/c1-9(13)12(15-11-7-14-8-11)10-5-3-2-4-6-10/h2-6,9,11-12H,7-8,13H2,1H3. The highest BCUT2D eigenvalue weighted by atomic mass is 16.6. The fourth-order valence-electron chi connectivity index (χ4n) is 1.65. The molecule has 0 spiro atoms. The van der Waals surface area contributed by atoms with Crippen molar-refractivity contribution < 1.29 is 9.47 Å². The Kier molecular flexibility index (Phi) is 3.36. The molecule has 1 aromatic rings. The zero-order valence-corrected chi connectivity index (χ0v) is 8.93. The zero-order valence-electron chi connectivity index (χ0n) is 8.93. The van der Waals surface area contributed by atoms with E-state index < -0.39 is 0 Å². The van der Waals surface area contributed by atoms with Crippen LogP contribution >= 0.6 is 0 Å². The molecular weight excluding hydrogens is 190 g/mol. The molecule has 1 heterocycles. The van der Waals surface area contributed by atoms with Crippen LogP contribution < -0.4 is 5.73 Å². The summed E-state index contributed by atoms with van der Waals surface area (Å²) in [5.41, 5.74) is 7.07. The summed E-state index contributed by atoms with van der Waals surface area (Å²) < 4.78 is 11.0. The van der Waals surface area contributed by atoms with Crippen molar-refractivity contribution in [2.75, 3.05) is 13.2 Å². The zero-order chi connectivity index (χ0) is 10.7. The van der Waals surface area contributed by atoms with Gasteiger partial charge in [0.1, 0.15) is 6.10 Å². The highest BCUT2D eigenvalue weighted by molar-refractivity contribution is 5.19. The molecule has 0 saturated carbocycles. The predicted molar refractivity (Wildman–Crippen MR) is 58.5 cm³/mol. The van der Waals surface area contributed by atoms with Crippen molar-refractivity contribution in [1.82, 2.24) is 0 Å². The molecule has 0 bridgehead atoms. The minimum Gasteiger partial charge on any atom is -0.376 e. The normalized spacial score (nSPS) is 20.7. The largest absolute Gasteiger partial charge is 0.376 e. The Bertz CT molecular complexity index is 296. The molecule has 2 rings (SSSR count). The van der Waals surface area contributed by atoms with Gasteiger partial charge in [0.05, 0.1) is 19.3 Å². The van der Waals surface area contributed by atoms with E-state index in [9.17, 15) is 0 Å². The van der Waals surface area contributed by atoms with Crippen molar-refractivity contribution in [3.63, 3.8) is 0 Å². The number of nitrogens with two attached hydrogens (primary N) is 1. The topological polar surface area (TPSA) is 44.5 Å². The SMILES string of the molecule is CC(N)C(OC1COC1)c1ccccc1. The van der Waals surface area contributed by atoms with Gasteiger partial charge in [-0.05, 0) is 12.5 Å². The Hall–Kier alpha value is -0.900. The van der Waals surface area contributed by atoms with Crippen molar-refractivity contribution >= 4 is 0 Å². The molecule has 2 N–H and O–H groups in total. The van der Waals surface area contributed by atoms with Gasteiger partial charge in [0.2, 0.25) is 0 Å². The van der Waals surface area contributed by atoms with E-state index in [1.807, 2.05) is 37.3 Å². The molecule has 1 aromatic carbocycles. The van der Waals surface area contributed by atoms with Gasteiger partial charge in [-0.15, -0.1) is 0 Å². The van der Waals surface area contributed by atoms with Gasteiger partial charge >= 0.3 is 0 Å². The molecule has 1 aliphatic heterocycles. The second kappa shape index (κ2) is 4.75. The van der Waals surface area contributed by atoms with Crippen LogP contribution in [0.4, 0.5) is 0 Å². The summed E-state index contributed by atoms with van der Waals surface area (Å²) >= 11 is 0. The molecule has 15 heavy (non-hydrogen) atoms. The number of ether oxygens (including phenoxy) is 2. The fourth-order valence-corrected chi connectivity index (χ4v) is 1.65. The maximum Gasteiger partial charge on any atom is 0.105 e. The lowest BCUT2D eigenvalue weighted by atomic mass is 10.0. The van der Waals surface area contributed by atoms with Gasteiger partial charge in [0.15, 0.2) is 0 Å². The number of hydrogen-bond donors (Lipinski definition) is 1. The average molecular weight is 207 g/mol. The van der Waals surface area contributed by atoms with Gasteiger partial charge in [-0.3, -0.25) is 0 Å². The van der Waals surface area contributed by atoms with Crippen LogP contribution in [0.2, 0.25) is 0 Å². The molecule has 1 aliphatic rings. The monoisotopic (exact) mass is 207 g/mol. The number of rotatable bonds is 4. The molecule has 3 nitrogen and oxygen atoms in total. The lowest BCUT2D eigenvalue weighted by Crippen LogP contribution is -2.40. The Morgan fingerprint density at radius 2 is 2.00 bits per heavy atom. The first-order valence-corrected chi connectivity index (χ1v) is 5.31. The molecule has 1 fully saturated rings. The average Bonchev–Trinajstić information content (AvgIpc) is 2.17. The van der Waals surface area contributed by atoms with Crippen molar-refractivity contribution in [1.29, 1.82) is 0 Å². The Morgan fingerprint density at radius 1 is 1.33 bits per heavy atom. The summed E-state index contributed by atoms with van der Waals surface area (Å²) in [5, 5.41) is 0. The summed E-state index contributed by atoms with van der Waals surface area (Å²) in [4.78, 5) is 0. The van der Waals surface area contributed by atoms with Gasteiger partial charge in [0, 0.05) is 6.04 Å². The van der Waals surface area contributed by atoms with Crippen LogP contribution in [0.3, 0.4) is 0 Å². The maximum absolute atomic E-state index is 5.93. The van der Waals surface area contributed by atoms with Crippen molar-refractivity contribution in [2.45, 2.75) is 25.2 Å². The van der Waals surface area contributed by atoms with Crippen molar-refractivity contribution in [3.8, 4) is 0 Å². The first-order valence-electron chi connectivity index (χ1n) is 5.31. The minimum atomic E-state index is -0.0277. The molecule has 0 radical (unpaired) electrons. The Labute approximate surface area is 90.2 Å². The van der Waals surface area contributed by atoms with Crippen LogP contribution in [0, 0.1) is 0 Å². The van der Waals surface area contributed by atoms with E-state index in [1.165, 1.54) is 0 Å². The van der Waals surface area contributed by atoms with E-state index in [2.05, 4.69) is 0 Å². The van der Waals surface area contributed by atoms with Crippen LogP contribution in [0.25, 0.3) is 0 Å². The number of hydrogen-bond acceptors (Lipinski definition) is 3. The van der Waals surface area contributed by atoms with E-state index >= 15 is 0 Å². The predicted octanol–water partition coefficient (Wildman–Crippen LogP) is 1.49. The lowest BCUT2D eigenvalue weighted by Gasteiger charge is -2.32. The second-order valence-electron chi connectivity index (χ2n) is 3.99. The van der Waals surface area contributed by atoms with Crippen molar-refractivity contribution in [2.24, 2.45) is 5.73 Å². The molecule has 3 heteroatoms. The second-order valence-corrected chi connectivity index (χ2v) is 3.99. The highest BCUT2D eigenvalue weighted by Crippen LogP contribution is 2.23. The summed E-state index contributed by atoms with van der Waals surface area (Å²) in [6, 6.07) is 10.1. The summed E-state index contributed by atoms with van der Waals surface area (Å²) in [7, 11) is 0. The van der Waals surface area contributed by atoms with Gasteiger partial charge in [-0.1, -0.05) is 30.3 Å². The lowest BCUT2D eigenvalue weighted by molar-refractivity contribution is -0.159. The van der Waals surface area contributed by atoms with Crippen LogP contribution in [0.1, 0.15) is 18.6 Å². The summed E-state index contributed by atoms with van der Waals surface area (Å²) in [5.74, 6) is 0. The van der Waals surface area contributed by atoms with Crippen LogP contribution in [0.15, 0.2) is 30.3 Å². The van der Waals surface area contributed by atoms with E-state index in [1.54, 1.807) is 0 Å². The molecule has 2 atom stereocenters. The first kappa shape index (κ1) is 10.6. The summed E-state index contributed by atoms with van der Waals surface area (Å²) in [6.45, 7) is 3.35. The van der Waals surface area contributed by atoms with E-state index in [4.69, 9.17) is 15.2 Å². The third kappa shape index (κ3) is 2.56. The minimum absolute atomic E-state index is 0.00648. The molecule has 0 amide bonds. The third-order valence-electron chi connectivity index (χ3n) is 2.55. The summed E-state index contributed by atoms with van der Waals surface area (Å²) in [6.07, 6.45) is 0.182. The molecule has 82 valence electrons. The first-order chi connectivity index (χ1) is 7.27.